The number of hydrogen-bond acceptors (Lipinski definition) is 6. The first-order chi connectivity index (χ1) is 21.2. The standard InChI is InChI=1S/C32H38ClF2N7O2/c33-26-13-20(2-1-3-27(36)21-6-7-21)12-25(30(26)35)28-14-22-17-42(32(44)41-31(22)40-28)24-8-4-19(5-9-24)16-39-23(18-43)10-11-38-29(37)15-34/h4-5,8-9,12-14,17,21,23,27,39,43H,1-3,6-7,10-11,15-16,18,36H2,(H2,37,38)(H,40,41,44)/t23-,27-/m1/s1. The van der Waals surface area contributed by atoms with Crippen LogP contribution in [0.2, 0.25) is 5.02 Å². The van der Waals surface area contributed by atoms with Gasteiger partial charge in [0.15, 0.2) is 5.82 Å². The van der Waals surface area contributed by atoms with Crippen molar-refractivity contribution in [3.63, 3.8) is 0 Å². The van der Waals surface area contributed by atoms with Crippen LogP contribution in [0.3, 0.4) is 0 Å². The van der Waals surface area contributed by atoms with Crippen molar-refractivity contribution >= 4 is 28.5 Å². The average molecular weight is 626 g/mol. The normalized spacial score (nSPS) is 14.6. The number of alkyl halides is 1. The van der Waals surface area contributed by atoms with Gasteiger partial charge in [-0.3, -0.25) is 9.98 Å². The number of H-pyrrole nitrogens is 1. The SMILES string of the molecule is N=C(CF)NCC[C@H](CO)NCc1ccc(-n2cc3cc(-c4cc(CCC[C@@H](N)C5CC5)cc(Cl)c4F)[nH]c3nc2=O)cc1. The van der Waals surface area contributed by atoms with Crippen LogP contribution in [0.25, 0.3) is 28.0 Å². The number of aromatic amines is 1. The highest BCUT2D eigenvalue weighted by atomic mass is 35.5. The van der Waals surface area contributed by atoms with Gasteiger partial charge in [-0.1, -0.05) is 23.7 Å². The van der Waals surface area contributed by atoms with E-state index in [9.17, 15) is 14.3 Å². The summed E-state index contributed by atoms with van der Waals surface area (Å²) >= 11 is 6.28. The van der Waals surface area contributed by atoms with Crippen molar-refractivity contribution in [2.45, 2.75) is 57.2 Å². The molecule has 0 amide bonds. The summed E-state index contributed by atoms with van der Waals surface area (Å²) in [4.78, 5) is 20.2. The predicted octanol–water partition coefficient (Wildman–Crippen LogP) is 4.61. The van der Waals surface area contributed by atoms with Crippen molar-refractivity contribution in [2.75, 3.05) is 19.8 Å². The van der Waals surface area contributed by atoms with Crippen LogP contribution in [-0.2, 0) is 13.0 Å². The van der Waals surface area contributed by atoms with E-state index in [0.717, 1.165) is 30.4 Å². The van der Waals surface area contributed by atoms with Crippen LogP contribution in [0.5, 0.6) is 0 Å². The van der Waals surface area contributed by atoms with Crippen LogP contribution < -0.4 is 22.1 Å². The maximum Gasteiger partial charge on any atom is 0.354 e. The molecule has 1 aliphatic carbocycles. The number of nitrogens with one attached hydrogen (secondary N) is 4. The molecule has 0 aliphatic heterocycles. The van der Waals surface area contributed by atoms with Crippen LogP contribution in [-0.4, -0.2) is 57.4 Å². The molecular weight excluding hydrogens is 588 g/mol. The maximum absolute atomic E-state index is 15.2. The van der Waals surface area contributed by atoms with Crippen molar-refractivity contribution < 1.29 is 13.9 Å². The summed E-state index contributed by atoms with van der Waals surface area (Å²) in [7, 11) is 0. The summed E-state index contributed by atoms with van der Waals surface area (Å²) < 4.78 is 29.0. The highest BCUT2D eigenvalue weighted by molar-refractivity contribution is 6.31. The fraction of sp³-hybridized carbons (Fsp3) is 0.406. The third-order valence-electron chi connectivity index (χ3n) is 8.11. The minimum atomic E-state index is -0.849. The third kappa shape index (κ3) is 7.89. The second-order valence-corrected chi connectivity index (χ2v) is 11.9. The first-order valence-corrected chi connectivity index (χ1v) is 15.3. The van der Waals surface area contributed by atoms with Gasteiger partial charge in [-0.25, -0.2) is 13.6 Å². The molecule has 234 valence electrons. The summed E-state index contributed by atoms with van der Waals surface area (Å²) in [6, 6.07) is 12.5. The topological polar surface area (TPSA) is 145 Å². The van der Waals surface area contributed by atoms with Gasteiger partial charge >= 0.3 is 5.69 Å². The molecule has 0 unspecified atom stereocenters. The number of aliphatic hydroxyl groups is 1. The molecule has 1 saturated carbocycles. The van der Waals surface area contributed by atoms with Crippen LogP contribution in [0.4, 0.5) is 8.78 Å². The van der Waals surface area contributed by atoms with E-state index in [2.05, 4.69) is 20.6 Å². The molecule has 2 aromatic carbocycles. The molecule has 1 aliphatic rings. The van der Waals surface area contributed by atoms with Crippen molar-refractivity contribution in [1.29, 1.82) is 5.41 Å². The number of aromatic nitrogens is 3. The molecule has 2 heterocycles. The second kappa shape index (κ2) is 14.4. The average Bonchev–Trinajstić information content (AvgIpc) is 3.80. The smallest absolute Gasteiger partial charge is 0.354 e. The summed E-state index contributed by atoms with van der Waals surface area (Å²) in [5.74, 6) is -0.0754. The van der Waals surface area contributed by atoms with E-state index >= 15 is 4.39 Å². The van der Waals surface area contributed by atoms with E-state index in [1.165, 1.54) is 17.4 Å². The van der Waals surface area contributed by atoms with Crippen LogP contribution in [0.15, 0.2) is 53.5 Å². The monoisotopic (exact) mass is 625 g/mol. The number of fused-ring (bicyclic) bond motifs is 1. The maximum atomic E-state index is 15.2. The van der Waals surface area contributed by atoms with E-state index in [-0.39, 0.29) is 29.5 Å². The molecule has 2 aromatic heterocycles. The van der Waals surface area contributed by atoms with Crippen LogP contribution >= 0.6 is 11.6 Å². The molecule has 4 aromatic rings. The number of nitrogens with two attached hydrogens (primary N) is 1. The fourth-order valence-electron chi connectivity index (χ4n) is 5.35. The Labute approximate surface area is 259 Å². The Balaban J connectivity index is 1.27. The van der Waals surface area contributed by atoms with Gasteiger partial charge in [-0.2, -0.15) is 4.98 Å². The molecular formula is C32H38ClF2N7O2. The van der Waals surface area contributed by atoms with E-state index in [1.54, 1.807) is 36.5 Å². The molecule has 9 nitrogen and oxygen atoms in total. The van der Waals surface area contributed by atoms with Crippen LogP contribution in [0.1, 0.15) is 43.2 Å². The second-order valence-electron chi connectivity index (χ2n) is 11.5. The van der Waals surface area contributed by atoms with Crippen molar-refractivity contribution in [2.24, 2.45) is 11.7 Å². The predicted molar refractivity (Wildman–Crippen MR) is 170 cm³/mol. The lowest BCUT2D eigenvalue weighted by molar-refractivity contribution is 0.235. The van der Waals surface area contributed by atoms with Gasteiger partial charge in [0.1, 0.15) is 18.2 Å². The van der Waals surface area contributed by atoms with Gasteiger partial charge in [0.2, 0.25) is 0 Å². The Bertz CT molecular complexity index is 1650. The van der Waals surface area contributed by atoms with Gasteiger partial charge < -0.3 is 26.5 Å². The van der Waals surface area contributed by atoms with E-state index in [0.29, 0.717) is 53.4 Å². The number of amidine groups is 1. The van der Waals surface area contributed by atoms with Crippen molar-refractivity contribution in [3.05, 3.63) is 81.1 Å². The van der Waals surface area contributed by atoms with Crippen molar-refractivity contribution in [3.8, 4) is 16.9 Å². The Morgan fingerprint density at radius 2 is 1.98 bits per heavy atom. The highest BCUT2D eigenvalue weighted by Gasteiger charge is 2.27. The van der Waals surface area contributed by atoms with Crippen LogP contribution in [0, 0.1) is 17.1 Å². The molecule has 0 bridgehead atoms. The van der Waals surface area contributed by atoms with Gasteiger partial charge in [0.25, 0.3) is 0 Å². The fourth-order valence-corrected chi connectivity index (χ4v) is 5.59. The number of aryl methyl sites for hydroxylation is 1. The molecule has 12 heteroatoms. The Morgan fingerprint density at radius 3 is 2.68 bits per heavy atom. The molecule has 1 fully saturated rings. The minimum absolute atomic E-state index is 0.0454. The number of halogens is 3. The Kier molecular flexibility index (Phi) is 10.4. The van der Waals surface area contributed by atoms with E-state index < -0.39 is 18.2 Å². The van der Waals surface area contributed by atoms with Gasteiger partial charge in [-0.15, -0.1) is 0 Å². The zero-order valence-electron chi connectivity index (χ0n) is 24.4. The quantitative estimate of drug-likeness (QED) is 0.0841. The summed E-state index contributed by atoms with van der Waals surface area (Å²) in [6.45, 7) is -0.101. The Hall–Kier alpha value is -3.64. The van der Waals surface area contributed by atoms with Gasteiger partial charge in [-0.05, 0) is 85.9 Å². The number of aliphatic hydroxyl groups excluding tert-OH is 1. The van der Waals surface area contributed by atoms with Crippen molar-refractivity contribution in [1.82, 2.24) is 25.2 Å². The lowest BCUT2D eigenvalue weighted by Gasteiger charge is -2.17. The number of nitrogens with zero attached hydrogens (tertiary/aromatic N) is 2. The molecule has 5 rings (SSSR count). The first kappa shape index (κ1) is 31.8. The minimum Gasteiger partial charge on any atom is -0.395 e. The summed E-state index contributed by atoms with van der Waals surface area (Å²) in [6.07, 6.45) is 7.17. The van der Waals surface area contributed by atoms with E-state index in [4.69, 9.17) is 22.7 Å². The Morgan fingerprint density at radius 1 is 1.20 bits per heavy atom. The summed E-state index contributed by atoms with van der Waals surface area (Å²) in [5.41, 5.74) is 9.39. The molecule has 2 atom stereocenters. The van der Waals surface area contributed by atoms with Gasteiger partial charge in [0.05, 0.1) is 23.0 Å². The number of benzene rings is 2. The molecule has 0 spiro atoms. The molecule has 44 heavy (non-hydrogen) atoms. The first-order valence-electron chi connectivity index (χ1n) is 14.9. The molecule has 7 N–H and O–H groups in total. The zero-order valence-corrected chi connectivity index (χ0v) is 25.1. The zero-order chi connectivity index (χ0) is 31.2. The largest absolute Gasteiger partial charge is 0.395 e. The molecule has 0 radical (unpaired) electrons. The lowest BCUT2D eigenvalue weighted by atomic mass is 10.00. The highest BCUT2D eigenvalue weighted by Crippen LogP contribution is 2.34. The molecule has 0 saturated heterocycles. The van der Waals surface area contributed by atoms with Gasteiger partial charge in [0, 0.05) is 42.3 Å². The number of hydrogen-bond donors (Lipinski definition) is 6. The summed E-state index contributed by atoms with van der Waals surface area (Å²) in [5, 5.41) is 23.5. The number of rotatable bonds is 15. The van der Waals surface area contributed by atoms with E-state index in [1.807, 2.05) is 12.1 Å². The lowest BCUT2D eigenvalue weighted by Crippen LogP contribution is -2.36. The third-order valence-corrected chi connectivity index (χ3v) is 8.39.